The molecule has 0 saturated heterocycles. The van der Waals surface area contributed by atoms with Gasteiger partial charge in [-0.3, -0.25) is 4.79 Å². The lowest BCUT2D eigenvalue weighted by Gasteiger charge is -2.07. The first kappa shape index (κ1) is 16.1. The Morgan fingerprint density at radius 2 is 2.14 bits per heavy atom. The number of nitrogens with one attached hydrogen (secondary N) is 2. The summed E-state index contributed by atoms with van der Waals surface area (Å²) in [5.74, 6) is 0.562. The number of nitrogens with zero attached hydrogens (tertiary/aromatic N) is 4. The van der Waals surface area contributed by atoms with Crippen molar-refractivity contribution in [1.82, 2.24) is 25.1 Å². The fourth-order valence-corrected chi connectivity index (χ4v) is 1.95. The molecule has 0 radical (unpaired) electrons. The molecule has 0 bridgehead atoms. The van der Waals surface area contributed by atoms with Crippen LogP contribution in [-0.2, 0) is 20.8 Å². The molecule has 9 heteroatoms. The third kappa shape index (κ3) is 4.12. The van der Waals surface area contributed by atoms with Gasteiger partial charge in [0.2, 0.25) is 5.91 Å². The molecule has 0 fully saturated rings. The summed E-state index contributed by atoms with van der Waals surface area (Å²) in [6.07, 6.45) is 3.20. The highest BCUT2D eigenvalue weighted by molar-refractivity contribution is 5.86. The van der Waals surface area contributed by atoms with Gasteiger partial charge in [-0.2, -0.15) is 5.10 Å². The van der Waals surface area contributed by atoms with Gasteiger partial charge in [0, 0.05) is 27.3 Å². The summed E-state index contributed by atoms with van der Waals surface area (Å²) in [6.45, 7) is 2.27. The number of aromatic nitrogens is 4. The molecular weight excluding hydrogens is 288 g/mol. The van der Waals surface area contributed by atoms with Crippen LogP contribution in [0.25, 0.3) is 11.0 Å². The molecule has 0 aliphatic rings. The molecule has 2 aromatic heterocycles. The third-order valence-electron chi connectivity index (χ3n) is 2.95. The Labute approximate surface area is 128 Å². The molecule has 0 aliphatic carbocycles. The number of hydrogen-bond acceptors (Lipinski definition) is 7. The summed E-state index contributed by atoms with van der Waals surface area (Å²) in [4.78, 5) is 19.8. The van der Waals surface area contributed by atoms with Gasteiger partial charge < -0.3 is 20.1 Å². The lowest BCUT2D eigenvalue weighted by molar-refractivity contribution is -0.124. The Balaban J connectivity index is 2.00. The van der Waals surface area contributed by atoms with E-state index >= 15 is 0 Å². The van der Waals surface area contributed by atoms with E-state index in [2.05, 4.69) is 25.7 Å². The average Bonchev–Trinajstić information content (AvgIpc) is 2.92. The minimum Gasteiger partial charge on any atom is -0.383 e. The molecule has 0 atom stereocenters. The first-order valence-corrected chi connectivity index (χ1v) is 6.91. The summed E-state index contributed by atoms with van der Waals surface area (Å²) < 4.78 is 11.5. The van der Waals surface area contributed by atoms with Crippen LogP contribution in [0, 0.1) is 0 Å². The monoisotopic (exact) mass is 308 g/mol. The Bertz CT molecular complexity index is 615. The van der Waals surface area contributed by atoms with Crippen LogP contribution in [0.15, 0.2) is 12.5 Å². The number of ether oxygens (including phenoxy) is 2. The van der Waals surface area contributed by atoms with E-state index in [0.29, 0.717) is 26.2 Å². The zero-order valence-electron chi connectivity index (χ0n) is 12.7. The van der Waals surface area contributed by atoms with Crippen molar-refractivity contribution in [2.24, 2.45) is 0 Å². The fraction of sp³-hybridized carbons (Fsp3) is 0.538. The maximum absolute atomic E-state index is 11.3. The fourth-order valence-electron chi connectivity index (χ4n) is 1.95. The van der Waals surface area contributed by atoms with Gasteiger partial charge in [-0.05, 0) is 0 Å². The molecule has 0 spiro atoms. The van der Waals surface area contributed by atoms with Crippen molar-refractivity contribution in [2.75, 3.05) is 45.8 Å². The Morgan fingerprint density at radius 1 is 1.27 bits per heavy atom. The van der Waals surface area contributed by atoms with E-state index in [1.165, 1.54) is 13.4 Å². The maximum atomic E-state index is 11.3. The molecule has 0 saturated carbocycles. The molecule has 1 amide bonds. The van der Waals surface area contributed by atoms with E-state index in [-0.39, 0.29) is 12.5 Å². The molecule has 0 unspecified atom stereocenters. The number of carbonyl (C=O) groups excluding carboxylic acids is 1. The van der Waals surface area contributed by atoms with Gasteiger partial charge in [-0.15, -0.1) is 0 Å². The molecule has 2 rings (SSSR count). The van der Waals surface area contributed by atoms with E-state index in [0.717, 1.165) is 16.9 Å². The van der Waals surface area contributed by atoms with Gasteiger partial charge in [0.05, 0.1) is 24.7 Å². The Kier molecular flexibility index (Phi) is 6.04. The van der Waals surface area contributed by atoms with Gasteiger partial charge in [-0.1, -0.05) is 0 Å². The lowest BCUT2D eigenvalue weighted by Crippen LogP contribution is -2.30. The Morgan fingerprint density at radius 3 is 2.91 bits per heavy atom. The van der Waals surface area contributed by atoms with Crippen molar-refractivity contribution in [1.29, 1.82) is 0 Å². The highest BCUT2D eigenvalue weighted by Gasteiger charge is 2.09. The van der Waals surface area contributed by atoms with Crippen molar-refractivity contribution < 1.29 is 14.3 Å². The molecule has 0 aliphatic heterocycles. The smallest absolute Gasteiger partial charge is 0.246 e. The highest BCUT2D eigenvalue weighted by atomic mass is 16.5. The van der Waals surface area contributed by atoms with Gasteiger partial charge in [0.15, 0.2) is 5.65 Å². The number of anilines is 1. The number of amides is 1. The molecule has 2 N–H and O–H groups in total. The number of carbonyl (C=O) groups is 1. The molecule has 0 aromatic carbocycles. The normalized spacial score (nSPS) is 10.8. The molecule has 2 heterocycles. The van der Waals surface area contributed by atoms with Crippen LogP contribution in [0.1, 0.15) is 0 Å². The van der Waals surface area contributed by atoms with Gasteiger partial charge in [0.1, 0.15) is 18.8 Å². The van der Waals surface area contributed by atoms with Crippen molar-refractivity contribution in [3.8, 4) is 0 Å². The van der Waals surface area contributed by atoms with Gasteiger partial charge in [-0.25, -0.2) is 14.6 Å². The topological polar surface area (TPSA) is 103 Å². The standard InChI is InChI=1S/C13H20N6O3/c1-21-6-4-15-12-10-7-18-19(13(10)17-9-16-12)5-3-14-11(20)8-22-2/h7,9H,3-6,8H2,1-2H3,(H,14,20)(H,15,16,17). The zero-order chi connectivity index (χ0) is 15.8. The molecule has 2 aromatic rings. The predicted octanol–water partition coefficient (Wildman–Crippen LogP) is -0.353. The summed E-state index contributed by atoms with van der Waals surface area (Å²) in [6, 6.07) is 0. The Hall–Kier alpha value is -2.26. The average molecular weight is 308 g/mol. The zero-order valence-corrected chi connectivity index (χ0v) is 12.7. The second-order valence-corrected chi connectivity index (χ2v) is 4.53. The molecule has 9 nitrogen and oxygen atoms in total. The first-order chi connectivity index (χ1) is 10.8. The second-order valence-electron chi connectivity index (χ2n) is 4.53. The van der Waals surface area contributed by atoms with Crippen LogP contribution in [0.4, 0.5) is 5.82 Å². The summed E-state index contributed by atoms with van der Waals surface area (Å²) >= 11 is 0. The van der Waals surface area contributed by atoms with Crippen LogP contribution in [0.5, 0.6) is 0 Å². The van der Waals surface area contributed by atoms with Crippen LogP contribution < -0.4 is 10.6 Å². The number of rotatable bonds is 9. The molecule has 120 valence electrons. The summed E-state index contributed by atoms with van der Waals surface area (Å²) in [5, 5.41) is 11.0. The van der Waals surface area contributed by atoms with Crippen molar-refractivity contribution in [3.05, 3.63) is 12.5 Å². The van der Waals surface area contributed by atoms with Crippen LogP contribution in [0.2, 0.25) is 0 Å². The predicted molar refractivity (Wildman–Crippen MR) is 80.6 cm³/mol. The van der Waals surface area contributed by atoms with E-state index in [9.17, 15) is 4.79 Å². The van der Waals surface area contributed by atoms with Gasteiger partial charge in [0.25, 0.3) is 0 Å². The molecule has 22 heavy (non-hydrogen) atoms. The quantitative estimate of drug-likeness (QED) is 0.610. The largest absolute Gasteiger partial charge is 0.383 e. The van der Waals surface area contributed by atoms with E-state index < -0.39 is 0 Å². The maximum Gasteiger partial charge on any atom is 0.246 e. The van der Waals surface area contributed by atoms with E-state index in [4.69, 9.17) is 9.47 Å². The van der Waals surface area contributed by atoms with Gasteiger partial charge >= 0.3 is 0 Å². The molecular formula is C13H20N6O3. The van der Waals surface area contributed by atoms with Crippen LogP contribution in [-0.4, -0.2) is 66.2 Å². The lowest BCUT2D eigenvalue weighted by atomic mass is 10.4. The van der Waals surface area contributed by atoms with E-state index in [1.54, 1.807) is 18.0 Å². The van der Waals surface area contributed by atoms with E-state index in [1.807, 2.05) is 0 Å². The van der Waals surface area contributed by atoms with Crippen LogP contribution >= 0.6 is 0 Å². The van der Waals surface area contributed by atoms with Crippen LogP contribution in [0.3, 0.4) is 0 Å². The minimum absolute atomic E-state index is 0.0512. The minimum atomic E-state index is -0.157. The van der Waals surface area contributed by atoms with Crippen molar-refractivity contribution in [2.45, 2.75) is 6.54 Å². The second kappa shape index (κ2) is 8.25. The number of fused-ring (bicyclic) bond motifs is 1. The summed E-state index contributed by atoms with van der Waals surface area (Å²) in [5.41, 5.74) is 0.718. The highest BCUT2D eigenvalue weighted by Crippen LogP contribution is 2.17. The third-order valence-corrected chi connectivity index (χ3v) is 2.95. The first-order valence-electron chi connectivity index (χ1n) is 6.91. The number of methoxy groups -OCH3 is 2. The van der Waals surface area contributed by atoms with Crippen molar-refractivity contribution >= 4 is 22.8 Å². The van der Waals surface area contributed by atoms with Crippen molar-refractivity contribution in [3.63, 3.8) is 0 Å². The summed E-state index contributed by atoms with van der Waals surface area (Å²) in [7, 11) is 3.13. The number of hydrogen-bond donors (Lipinski definition) is 2. The SMILES string of the molecule is COCCNc1ncnc2c1cnn2CCNC(=O)COC.